The molecule has 0 saturated heterocycles. The Hall–Kier alpha value is -1.51. The van der Waals surface area contributed by atoms with Crippen molar-refractivity contribution >= 4 is 11.5 Å². The zero-order valence-corrected chi connectivity index (χ0v) is 9.41. The molecule has 3 nitrogen and oxygen atoms in total. The first-order valence-corrected chi connectivity index (χ1v) is 5.01. The van der Waals surface area contributed by atoms with Gasteiger partial charge < -0.3 is 10.5 Å². The SMILES string of the molecule is COc1ccc(C(=O)CC(C)C)c(N)c1. The van der Waals surface area contributed by atoms with Gasteiger partial charge in [-0.05, 0) is 18.1 Å². The summed E-state index contributed by atoms with van der Waals surface area (Å²) in [5.74, 6) is 1.11. The van der Waals surface area contributed by atoms with Gasteiger partial charge in [0.15, 0.2) is 5.78 Å². The lowest BCUT2D eigenvalue weighted by Crippen LogP contribution is -2.06. The first-order chi connectivity index (χ1) is 7.04. The molecule has 1 aromatic rings. The number of Topliss-reactive ketones (excluding diaryl/α,β-unsaturated/α-hetero) is 1. The number of carbonyl (C=O) groups is 1. The molecule has 0 unspecified atom stereocenters. The van der Waals surface area contributed by atoms with Crippen LogP contribution in [-0.2, 0) is 0 Å². The zero-order valence-electron chi connectivity index (χ0n) is 9.41. The Kier molecular flexibility index (Phi) is 3.72. The lowest BCUT2D eigenvalue weighted by molar-refractivity contribution is 0.0968. The second-order valence-corrected chi connectivity index (χ2v) is 3.97. The van der Waals surface area contributed by atoms with Gasteiger partial charge in [-0.3, -0.25) is 4.79 Å². The molecule has 0 atom stereocenters. The van der Waals surface area contributed by atoms with E-state index >= 15 is 0 Å². The van der Waals surface area contributed by atoms with Gasteiger partial charge in [0.1, 0.15) is 5.75 Å². The van der Waals surface area contributed by atoms with E-state index in [9.17, 15) is 4.79 Å². The number of hydrogen-bond acceptors (Lipinski definition) is 3. The summed E-state index contributed by atoms with van der Waals surface area (Å²) in [6.45, 7) is 4.02. The number of rotatable bonds is 4. The molecule has 15 heavy (non-hydrogen) atoms. The maximum Gasteiger partial charge on any atom is 0.165 e. The Morgan fingerprint density at radius 1 is 1.47 bits per heavy atom. The van der Waals surface area contributed by atoms with Crippen LogP contribution in [-0.4, -0.2) is 12.9 Å². The van der Waals surface area contributed by atoms with Crippen molar-refractivity contribution in [1.29, 1.82) is 0 Å². The van der Waals surface area contributed by atoms with Crippen LogP contribution in [0.5, 0.6) is 5.75 Å². The van der Waals surface area contributed by atoms with Gasteiger partial charge >= 0.3 is 0 Å². The minimum absolute atomic E-state index is 0.0881. The molecule has 0 aliphatic rings. The number of methoxy groups -OCH3 is 1. The van der Waals surface area contributed by atoms with Crippen LogP contribution in [0.15, 0.2) is 18.2 Å². The van der Waals surface area contributed by atoms with E-state index < -0.39 is 0 Å². The third-order valence-corrected chi connectivity index (χ3v) is 2.15. The average molecular weight is 207 g/mol. The second-order valence-electron chi connectivity index (χ2n) is 3.97. The molecule has 0 bridgehead atoms. The fourth-order valence-corrected chi connectivity index (χ4v) is 1.40. The predicted molar refractivity (Wildman–Crippen MR) is 61.2 cm³/mol. The van der Waals surface area contributed by atoms with Crippen LogP contribution in [0.25, 0.3) is 0 Å². The van der Waals surface area contributed by atoms with Crippen molar-refractivity contribution in [3.05, 3.63) is 23.8 Å². The average Bonchev–Trinajstić information content (AvgIpc) is 2.16. The van der Waals surface area contributed by atoms with Gasteiger partial charge in [-0.1, -0.05) is 13.8 Å². The lowest BCUT2D eigenvalue weighted by atomic mass is 10.00. The number of hydrogen-bond donors (Lipinski definition) is 1. The quantitative estimate of drug-likeness (QED) is 0.609. The Morgan fingerprint density at radius 3 is 2.60 bits per heavy atom. The van der Waals surface area contributed by atoms with Gasteiger partial charge in [-0.25, -0.2) is 0 Å². The highest BCUT2D eigenvalue weighted by Gasteiger charge is 2.11. The number of ether oxygens (including phenoxy) is 1. The third kappa shape index (κ3) is 2.98. The summed E-state index contributed by atoms with van der Waals surface area (Å²) in [5, 5.41) is 0. The summed E-state index contributed by atoms with van der Waals surface area (Å²) in [4.78, 5) is 11.8. The fraction of sp³-hybridized carbons (Fsp3) is 0.417. The van der Waals surface area contributed by atoms with Gasteiger partial charge in [0.25, 0.3) is 0 Å². The van der Waals surface area contributed by atoms with Crippen molar-refractivity contribution in [2.24, 2.45) is 5.92 Å². The van der Waals surface area contributed by atoms with E-state index in [0.717, 1.165) is 0 Å². The van der Waals surface area contributed by atoms with Crippen molar-refractivity contribution in [3.63, 3.8) is 0 Å². The minimum Gasteiger partial charge on any atom is -0.497 e. The van der Waals surface area contributed by atoms with Gasteiger partial charge in [0.05, 0.1) is 7.11 Å². The third-order valence-electron chi connectivity index (χ3n) is 2.15. The molecule has 0 aliphatic carbocycles. The summed E-state index contributed by atoms with van der Waals surface area (Å²) in [6, 6.07) is 5.15. The van der Waals surface area contributed by atoms with E-state index in [2.05, 4.69) is 0 Å². The standard InChI is InChI=1S/C12H17NO2/c1-8(2)6-12(14)10-5-4-9(15-3)7-11(10)13/h4-5,7-8H,6,13H2,1-3H3. The van der Waals surface area contributed by atoms with E-state index in [-0.39, 0.29) is 5.78 Å². The Labute approximate surface area is 90.2 Å². The predicted octanol–water partition coefficient (Wildman–Crippen LogP) is 2.51. The Balaban J connectivity index is 2.90. The first kappa shape index (κ1) is 11.6. The molecule has 2 N–H and O–H groups in total. The maximum atomic E-state index is 11.8. The summed E-state index contributed by atoms with van der Waals surface area (Å²) in [7, 11) is 1.57. The van der Waals surface area contributed by atoms with Crippen LogP contribution in [0, 0.1) is 5.92 Å². The molecule has 0 spiro atoms. The van der Waals surface area contributed by atoms with E-state index in [4.69, 9.17) is 10.5 Å². The molecule has 0 heterocycles. The summed E-state index contributed by atoms with van der Waals surface area (Å²) in [5.41, 5.74) is 6.85. The number of ketones is 1. The fourth-order valence-electron chi connectivity index (χ4n) is 1.40. The van der Waals surface area contributed by atoms with Gasteiger partial charge in [0, 0.05) is 23.7 Å². The van der Waals surface area contributed by atoms with Crippen molar-refractivity contribution in [2.45, 2.75) is 20.3 Å². The van der Waals surface area contributed by atoms with E-state index in [1.807, 2.05) is 13.8 Å². The molecule has 0 radical (unpaired) electrons. The number of carbonyl (C=O) groups excluding carboxylic acids is 1. The van der Waals surface area contributed by atoms with Gasteiger partial charge in [-0.15, -0.1) is 0 Å². The van der Waals surface area contributed by atoms with Crippen LogP contribution in [0.2, 0.25) is 0 Å². The molecule has 1 aromatic carbocycles. The van der Waals surface area contributed by atoms with Crippen molar-refractivity contribution < 1.29 is 9.53 Å². The van der Waals surface area contributed by atoms with Crippen LogP contribution in [0.3, 0.4) is 0 Å². The second kappa shape index (κ2) is 4.82. The topological polar surface area (TPSA) is 52.3 Å². The number of nitrogens with two attached hydrogens (primary N) is 1. The van der Waals surface area contributed by atoms with E-state index in [0.29, 0.717) is 29.3 Å². The first-order valence-electron chi connectivity index (χ1n) is 5.01. The molecular formula is C12H17NO2. The monoisotopic (exact) mass is 207 g/mol. The Bertz CT molecular complexity index is 359. The van der Waals surface area contributed by atoms with Crippen LogP contribution in [0.4, 0.5) is 5.69 Å². The summed E-state index contributed by atoms with van der Waals surface area (Å²) >= 11 is 0. The van der Waals surface area contributed by atoms with E-state index in [1.165, 1.54) is 0 Å². The Morgan fingerprint density at radius 2 is 2.13 bits per heavy atom. The molecule has 0 saturated carbocycles. The minimum atomic E-state index is 0.0881. The van der Waals surface area contributed by atoms with Crippen LogP contribution in [0.1, 0.15) is 30.6 Å². The number of nitrogen functional groups attached to an aromatic ring is 1. The number of anilines is 1. The molecule has 3 heteroatoms. The van der Waals surface area contributed by atoms with Gasteiger partial charge in [0.2, 0.25) is 0 Å². The van der Waals surface area contributed by atoms with Crippen LogP contribution < -0.4 is 10.5 Å². The van der Waals surface area contributed by atoms with E-state index in [1.54, 1.807) is 25.3 Å². The summed E-state index contributed by atoms with van der Waals surface area (Å²) in [6.07, 6.45) is 0.524. The lowest BCUT2D eigenvalue weighted by Gasteiger charge is -2.08. The highest BCUT2D eigenvalue weighted by Crippen LogP contribution is 2.21. The molecule has 0 aromatic heterocycles. The molecule has 82 valence electrons. The molecule has 1 rings (SSSR count). The highest BCUT2D eigenvalue weighted by atomic mass is 16.5. The van der Waals surface area contributed by atoms with Crippen molar-refractivity contribution in [1.82, 2.24) is 0 Å². The molecule has 0 amide bonds. The smallest absolute Gasteiger partial charge is 0.165 e. The molecule has 0 aliphatic heterocycles. The van der Waals surface area contributed by atoms with Crippen molar-refractivity contribution in [2.75, 3.05) is 12.8 Å². The largest absolute Gasteiger partial charge is 0.497 e. The molecular weight excluding hydrogens is 190 g/mol. The zero-order chi connectivity index (χ0) is 11.4. The number of benzene rings is 1. The van der Waals surface area contributed by atoms with Crippen molar-refractivity contribution in [3.8, 4) is 5.75 Å². The molecule has 0 fully saturated rings. The van der Waals surface area contributed by atoms with Gasteiger partial charge in [-0.2, -0.15) is 0 Å². The normalized spacial score (nSPS) is 10.4. The summed E-state index contributed by atoms with van der Waals surface area (Å²) < 4.78 is 5.02. The van der Waals surface area contributed by atoms with Crippen LogP contribution >= 0.6 is 0 Å². The highest BCUT2D eigenvalue weighted by molar-refractivity contribution is 6.01. The maximum absolute atomic E-state index is 11.8.